The van der Waals surface area contributed by atoms with Gasteiger partial charge in [-0.05, 0) is 41.5 Å². The fraction of sp³-hybridized carbons (Fsp3) is 0.385. The summed E-state index contributed by atoms with van der Waals surface area (Å²) < 4.78 is 0. The molecule has 0 radical (unpaired) electrons. The summed E-state index contributed by atoms with van der Waals surface area (Å²) in [6.07, 6.45) is 5.62. The maximum Gasteiger partial charge on any atom is -0.00855 e. The average Bonchev–Trinajstić information content (AvgIpc) is 2.51. The Morgan fingerprint density at radius 2 is 2.00 bits per heavy atom. The summed E-state index contributed by atoms with van der Waals surface area (Å²) in [6, 6.07) is 4.66. The molecule has 0 saturated heterocycles. The third kappa shape index (κ3) is 1.41. The van der Waals surface area contributed by atoms with Gasteiger partial charge in [0.15, 0.2) is 0 Å². The van der Waals surface area contributed by atoms with Gasteiger partial charge in [0.25, 0.3) is 0 Å². The Kier molecular flexibility index (Phi) is 1.99. The molecule has 0 fully saturated rings. The van der Waals surface area contributed by atoms with Crippen LogP contribution >= 0.6 is 0 Å². The van der Waals surface area contributed by atoms with E-state index in [1.165, 1.54) is 22.3 Å². The molecular weight excluding hydrogens is 156 g/mol. The molecule has 0 N–H and O–H groups in total. The van der Waals surface area contributed by atoms with E-state index in [4.69, 9.17) is 0 Å². The smallest absolute Gasteiger partial charge is 0.00855 e. The van der Waals surface area contributed by atoms with Crippen molar-refractivity contribution >= 4 is 6.08 Å². The molecular formula is C13H16. The zero-order chi connectivity index (χ0) is 9.42. The van der Waals surface area contributed by atoms with Gasteiger partial charge in [-0.1, -0.05) is 38.1 Å². The standard InChI is InChI=1S/C13H16/c1-9(2)12-7-10(3)13-6-4-5-11(13)8-12/h4-5,7-9H,6H2,1-3H3. The molecule has 0 saturated carbocycles. The molecule has 0 heteroatoms. The molecule has 0 amide bonds. The Balaban J connectivity index is 2.54. The summed E-state index contributed by atoms with van der Waals surface area (Å²) in [6.45, 7) is 6.72. The van der Waals surface area contributed by atoms with E-state index in [1.54, 1.807) is 0 Å². The Morgan fingerprint density at radius 1 is 1.23 bits per heavy atom. The van der Waals surface area contributed by atoms with E-state index in [-0.39, 0.29) is 0 Å². The van der Waals surface area contributed by atoms with Crippen molar-refractivity contribution in [3.05, 3.63) is 40.5 Å². The molecule has 2 rings (SSSR count). The van der Waals surface area contributed by atoms with Crippen molar-refractivity contribution < 1.29 is 0 Å². The van der Waals surface area contributed by atoms with Gasteiger partial charge in [0.05, 0.1) is 0 Å². The molecule has 0 atom stereocenters. The topological polar surface area (TPSA) is 0 Å². The minimum absolute atomic E-state index is 0.637. The zero-order valence-corrected chi connectivity index (χ0v) is 8.59. The molecule has 1 aliphatic rings. The molecule has 13 heavy (non-hydrogen) atoms. The monoisotopic (exact) mass is 172 g/mol. The molecule has 0 unspecified atom stereocenters. The second kappa shape index (κ2) is 3.02. The SMILES string of the molecule is Cc1cc(C(C)C)cc2c1CC=C2. The van der Waals surface area contributed by atoms with Gasteiger partial charge in [0.2, 0.25) is 0 Å². The molecule has 1 aliphatic carbocycles. The van der Waals surface area contributed by atoms with E-state index in [0.29, 0.717) is 5.92 Å². The first kappa shape index (κ1) is 8.55. The van der Waals surface area contributed by atoms with Gasteiger partial charge in [0, 0.05) is 0 Å². The van der Waals surface area contributed by atoms with Gasteiger partial charge >= 0.3 is 0 Å². The first-order chi connectivity index (χ1) is 6.18. The summed E-state index contributed by atoms with van der Waals surface area (Å²) in [4.78, 5) is 0. The number of benzene rings is 1. The Labute approximate surface area is 80.3 Å². The fourth-order valence-corrected chi connectivity index (χ4v) is 1.94. The van der Waals surface area contributed by atoms with Crippen LogP contribution in [0.15, 0.2) is 18.2 Å². The van der Waals surface area contributed by atoms with Crippen LogP contribution in [0.5, 0.6) is 0 Å². The Bertz CT molecular complexity index is 357. The molecule has 1 aromatic rings. The summed E-state index contributed by atoms with van der Waals surface area (Å²) in [5.41, 5.74) is 5.86. The predicted molar refractivity (Wildman–Crippen MR) is 58.0 cm³/mol. The van der Waals surface area contributed by atoms with Gasteiger partial charge in [-0.15, -0.1) is 0 Å². The van der Waals surface area contributed by atoms with Crippen molar-refractivity contribution in [1.29, 1.82) is 0 Å². The van der Waals surface area contributed by atoms with Crippen LogP contribution in [0.25, 0.3) is 6.08 Å². The quantitative estimate of drug-likeness (QED) is 0.606. The molecule has 0 spiro atoms. The largest absolute Gasteiger partial charge is 0.0795 e. The summed E-state index contributed by atoms with van der Waals surface area (Å²) in [5, 5.41) is 0. The van der Waals surface area contributed by atoms with Crippen molar-refractivity contribution in [1.82, 2.24) is 0 Å². The van der Waals surface area contributed by atoms with Gasteiger partial charge in [-0.2, -0.15) is 0 Å². The maximum atomic E-state index is 2.33. The Morgan fingerprint density at radius 3 is 2.69 bits per heavy atom. The van der Waals surface area contributed by atoms with Crippen LogP contribution in [0.2, 0.25) is 0 Å². The van der Waals surface area contributed by atoms with Gasteiger partial charge in [-0.25, -0.2) is 0 Å². The lowest BCUT2D eigenvalue weighted by Crippen LogP contribution is -1.94. The summed E-state index contributed by atoms with van der Waals surface area (Å²) >= 11 is 0. The van der Waals surface area contributed by atoms with E-state index >= 15 is 0 Å². The van der Waals surface area contributed by atoms with Crippen LogP contribution in [-0.4, -0.2) is 0 Å². The molecule has 0 heterocycles. The van der Waals surface area contributed by atoms with Crippen LogP contribution in [0.1, 0.15) is 42.0 Å². The predicted octanol–water partition coefficient (Wildman–Crippen LogP) is 3.69. The lowest BCUT2D eigenvalue weighted by atomic mass is 9.95. The number of hydrogen-bond donors (Lipinski definition) is 0. The van der Waals surface area contributed by atoms with E-state index in [0.717, 1.165) is 6.42 Å². The van der Waals surface area contributed by atoms with Crippen molar-refractivity contribution in [2.45, 2.75) is 33.1 Å². The van der Waals surface area contributed by atoms with Crippen molar-refractivity contribution in [3.63, 3.8) is 0 Å². The normalized spacial score (nSPS) is 13.8. The average molecular weight is 172 g/mol. The first-order valence-corrected chi connectivity index (χ1v) is 4.98. The van der Waals surface area contributed by atoms with Crippen LogP contribution in [0.3, 0.4) is 0 Å². The third-order valence-electron chi connectivity index (χ3n) is 2.82. The highest BCUT2D eigenvalue weighted by molar-refractivity contribution is 5.63. The second-order valence-corrected chi connectivity index (χ2v) is 4.17. The van der Waals surface area contributed by atoms with Crippen molar-refractivity contribution in [2.24, 2.45) is 0 Å². The molecule has 0 aliphatic heterocycles. The molecule has 0 aromatic heterocycles. The highest BCUT2D eigenvalue weighted by Gasteiger charge is 2.10. The van der Waals surface area contributed by atoms with Crippen LogP contribution in [0.4, 0.5) is 0 Å². The van der Waals surface area contributed by atoms with Crippen LogP contribution < -0.4 is 0 Å². The third-order valence-corrected chi connectivity index (χ3v) is 2.82. The van der Waals surface area contributed by atoms with Crippen molar-refractivity contribution in [3.8, 4) is 0 Å². The minimum Gasteiger partial charge on any atom is -0.0795 e. The lowest BCUT2D eigenvalue weighted by molar-refractivity contribution is 0.863. The van der Waals surface area contributed by atoms with E-state index in [1.807, 2.05) is 0 Å². The van der Waals surface area contributed by atoms with Crippen LogP contribution in [-0.2, 0) is 6.42 Å². The molecule has 0 nitrogen and oxygen atoms in total. The highest BCUT2D eigenvalue weighted by Crippen LogP contribution is 2.27. The lowest BCUT2D eigenvalue weighted by Gasteiger charge is -2.10. The molecule has 1 aromatic carbocycles. The number of allylic oxidation sites excluding steroid dienone is 1. The zero-order valence-electron chi connectivity index (χ0n) is 8.59. The van der Waals surface area contributed by atoms with E-state index in [9.17, 15) is 0 Å². The molecule has 68 valence electrons. The van der Waals surface area contributed by atoms with Crippen molar-refractivity contribution in [2.75, 3.05) is 0 Å². The van der Waals surface area contributed by atoms with Crippen LogP contribution in [0, 0.1) is 6.92 Å². The minimum atomic E-state index is 0.637. The fourth-order valence-electron chi connectivity index (χ4n) is 1.94. The maximum absolute atomic E-state index is 2.33. The number of rotatable bonds is 1. The summed E-state index contributed by atoms with van der Waals surface area (Å²) in [5.74, 6) is 0.637. The van der Waals surface area contributed by atoms with E-state index < -0.39 is 0 Å². The van der Waals surface area contributed by atoms with Gasteiger partial charge in [-0.3, -0.25) is 0 Å². The highest BCUT2D eigenvalue weighted by atomic mass is 14.1. The number of aryl methyl sites for hydroxylation is 1. The van der Waals surface area contributed by atoms with Gasteiger partial charge in [0.1, 0.15) is 0 Å². The second-order valence-electron chi connectivity index (χ2n) is 4.17. The Hall–Kier alpha value is -1.04. The summed E-state index contributed by atoms with van der Waals surface area (Å²) in [7, 11) is 0. The van der Waals surface area contributed by atoms with Gasteiger partial charge < -0.3 is 0 Å². The van der Waals surface area contributed by atoms with E-state index in [2.05, 4.69) is 45.1 Å². The number of hydrogen-bond acceptors (Lipinski definition) is 0. The number of fused-ring (bicyclic) bond motifs is 1. The first-order valence-electron chi connectivity index (χ1n) is 4.98. The molecule has 0 bridgehead atoms.